The first-order valence-electron chi connectivity index (χ1n) is 7.56. The number of benzene rings is 1. The first kappa shape index (κ1) is 17.4. The first-order chi connectivity index (χ1) is 11.5. The van der Waals surface area contributed by atoms with Crippen LogP contribution in [0.15, 0.2) is 35.6 Å². The highest BCUT2D eigenvalue weighted by Crippen LogP contribution is 2.51. The number of nitrogens with one attached hydrogen (secondary N) is 1. The molecule has 0 amide bonds. The van der Waals surface area contributed by atoms with Crippen LogP contribution >= 0.6 is 0 Å². The molecule has 0 radical (unpaired) electrons. The average Bonchev–Trinajstić information content (AvgIpc) is 2.72. The van der Waals surface area contributed by atoms with Gasteiger partial charge in [-0.25, -0.2) is 9.18 Å². The topological polar surface area (TPSA) is 55.4 Å². The number of carbonyl (C=O) groups is 2. The summed E-state index contributed by atoms with van der Waals surface area (Å²) in [6, 6.07) is 4.03. The second-order valence-electron chi connectivity index (χ2n) is 7.01. The van der Waals surface area contributed by atoms with Crippen LogP contribution in [0.25, 0.3) is 0 Å². The molecule has 1 aliphatic heterocycles. The van der Waals surface area contributed by atoms with Gasteiger partial charge in [-0.15, -0.1) is 0 Å². The van der Waals surface area contributed by atoms with Gasteiger partial charge in [-0.1, -0.05) is 13.8 Å². The monoisotopic (exact) mass is 357 g/mol. The molecule has 1 aromatic rings. The Morgan fingerprint density at radius 1 is 1.08 bits per heavy atom. The number of esters is 1. The lowest BCUT2D eigenvalue weighted by atomic mass is 9.72. The number of halogens is 4. The summed E-state index contributed by atoms with van der Waals surface area (Å²) in [5, 5.41) is 2.08. The van der Waals surface area contributed by atoms with Crippen LogP contribution in [0.4, 0.5) is 23.2 Å². The summed E-state index contributed by atoms with van der Waals surface area (Å²) < 4.78 is 59.7. The molecule has 0 aromatic heterocycles. The summed E-state index contributed by atoms with van der Waals surface area (Å²) in [6.07, 6.45) is -5.21. The molecule has 0 saturated carbocycles. The zero-order valence-electron chi connectivity index (χ0n) is 13.5. The van der Waals surface area contributed by atoms with Crippen LogP contribution in [0.2, 0.25) is 0 Å². The number of anilines is 1. The molecule has 0 fully saturated rings. The Bertz CT molecular complexity index is 780. The molecule has 25 heavy (non-hydrogen) atoms. The molecule has 1 aromatic carbocycles. The van der Waals surface area contributed by atoms with Crippen molar-refractivity contribution in [1.29, 1.82) is 0 Å². The molecule has 2 aliphatic rings. The standard InChI is InChI=1S/C17H15F4NO3/c1-15(2)7-11(23)13-12(8-15)25-14(24)16(13,17(19,20)21)22-10-5-3-9(18)4-6-10/h3-6,22H,7-8H2,1-2H3/t16-/m1/s1. The maximum Gasteiger partial charge on any atom is 0.427 e. The van der Waals surface area contributed by atoms with Crippen LogP contribution < -0.4 is 5.32 Å². The van der Waals surface area contributed by atoms with Crippen LogP contribution in [0.1, 0.15) is 26.7 Å². The van der Waals surface area contributed by atoms with E-state index in [-0.39, 0.29) is 24.3 Å². The molecule has 4 nitrogen and oxygen atoms in total. The number of alkyl halides is 3. The van der Waals surface area contributed by atoms with Crippen LogP contribution in [0.5, 0.6) is 0 Å². The fourth-order valence-electron chi connectivity index (χ4n) is 3.25. The second kappa shape index (κ2) is 5.31. The van der Waals surface area contributed by atoms with Gasteiger partial charge < -0.3 is 10.1 Å². The lowest BCUT2D eigenvalue weighted by molar-refractivity contribution is -0.185. The van der Waals surface area contributed by atoms with Gasteiger partial charge in [0.1, 0.15) is 11.6 Å². The Morgan fingerprint density at radius 2 is 1.68 bits per heavy atom. The number of hydrogen-bond acceptors (Lipinski definition) is 4. The van der Waals surface area contributed by atoms with E-state index in [4.69, 9.17) is 4.74 Å². The average molecular weight is 357 g/mol. The van der Waals surface area contributed by atoms with Gasteiger partial charge in [0.05, 0.1) is 5.57 Å². The van der Waals surface area contributed by atoms with Crippen LogP contribution in [0.3, 0.4) is 0 Å². The Hall–Kier alpha value is -2.38. The summed E-state index contributed by atoms with van der Waals surface area (Å²) in [5.41, 5.74) is -4.74. The minimum absolute atomic E-state index is 0.0444. The Kier molecular flexibility index (Phi) is 3.70. The largest absolute Gasteiger partial charge is 0.428 e. The second-order valence-corrected chi connectivity index (χ2v) is 7.01. The smallest absolute Gasteiger partial charge is 0.427 e. The highest BCUT2D eigenvalue weighted by atomic mass is 19.4. The number of ether oxygens (including phenoxy) is 1. The van der Waals surface area contributed by atoms with E-state index in [1.807, 2.05) is 0 Å². The van der Waals surface area contributed by atoms with Gasteiger partial charge in [0.25, 0.3) is 5.54 Å². The molecule has 8 heteroatoms. The fraction of sp³-hybridized carbons (Fsp3) is 0.412. The number of Topliss-reactive ketones (excluding diaryl/α,β-unsaturated/α-hetero) is 1. The maximum atomic E-state index is 13.9. The van der Waals surface area contributed by atoms with Crippen molar-refractivity contribution in [3.63, 3.8) is 0 Å². The van der Waals surface area contributed by atoms with Gasteiger partial charge in [0.15, 0.2) is 5.78 Å². The Labute approximate surface area is 140 Å². The quantitative estimate of drug-likeness (QED) is 0.647. The van der Waals surface area contributed by atoms with Crippen molar-refractivity contribution in [3.05, 3.63) is 41.4 Å². The summed E-state index contributed by atoms with van der Waals surface area (Å²) in [5.74, 6) is -3.28. The zero-order chi connectivity index (χ0) is 18.6. The molecule has 0 spiro atoms. The third kappa shape index (κ3) is 2.69. The molecule has 1 aliphatic carbocycles. The number of rotatable bonds is 2. The maximum absolute atomic E-state index is 13.9. The van der Waals surface area contributed by atoms with Gasteiger partial charge >= 0.3 is 12.1 Å². The SMILES string of the molecule is CC1(C)CC(=O)C2=C(C1)OC(=O)[C@@]2(Nc1ccc(F)cc1)C(F)(F)F. The summed E-state index contributed by atoms with van der Waals surface area (Å²) in [6.45, 7) is 3.42. The third-order valence-corrected chi connectivity index (χ3v) is 4.33. The first-order valence-corrected chi connectivity index (χ1v) is 7.56. The molecular weight excluding hydrogens is 342 g/mol. The minimum atomic E-state index is -5.12. The van der Waals surface area contributed by atoms with E-state index in [0.29, 0.717) is 0 Å². The molecule has 1 atom stereocenters. The highest BCUT2D eigenvalue weighted by Gasteiger charge is 2.71. The highest BCUT2D eigenvalue weighted by molar-refractivity contribution is 6.11. The van der Waals surface area contributed by atoms with E-state index in [1.54, 1.807) is 13.8 Å². The van der Waals surface area contributed by atoms with Gasteiger partial charge in [-0.05, 0) is 29.7 Å². The van der Waals surface area contributed by atoms with Crippen LogP contribution in [-0.4, -0.2) is 23.5 Å². The molecule has 0 unspecified atom stereocenters. The molecule has 134 valence electrons. The van der Waals surface area contributed by atoms with Crippen molar-refractivity contribution in [1.82, 2.24) is 0 Å². The minimum Gasteiger partial charge on any atom is -0.428 e. The van der Waals surface area contributed by atoms with Crippen molar-refractivity contribution < 1.29 is 31.9 Å². The van der Waals surface area contributed by atoms with Crippen molar-refractivity contribution in [2.75, 3.05) is 5.32 Å². The van der Waals surface area contributed by atoms with E-state index in [0.717, 1.165) is 24.3 Å². The lowest BCUT2D eigenvalue weighted by Crippen LogP contribution is -2.59. The van der Waals surface area contributed by atoms with E-state index in [2.05, 4.69) is 5.32 Å². The van der Waals surface area contributed by atoms with E-state index in [9.17, 15) is 27.2 Å². The van der Waals surface area contributed by atoms with E-state index >= 15 is 0 Å². The number of hydrogen-bond donors (Lipinski definition) is 1. The van der Waals surface area contributed by atoms with E-state index in [1.165, 1.54) is 0 Å². The van der Waals surface area contributed by atoms with Crippen molar-refractivity contribution in [3.8, 4) is 0 Å². The zero-order valence-corrected chi connectivity index (χ0v) is 13.5. The van der Waals surface area contributed by atoms with Gasteiger partial charge in [0, 0.05) is 18.5 Å². The molecule has 0 bridgehead atoms. The van der Waals surface area contributed by atoms with Crippen LogP contribution in [-0.2, 0) is 14.3 Å². The number of carbonyl (C=O) groups excluding carboxylic acids is 2. The Morgan fingerprint density at radius 3 is 2.24 bits per heavy atom. The fourth-order valence-corrected chi connectivity index (χ4v) is 3.25. The molecule has 3 rings (SSSR count). The van der Waals surface area contributed by atoms with Gasteiger partial charge in [-0.3, -0.25) is 4.79 Å². The summed E-state index contributed by atoms with van der Waals surface area (Å²) in [4.78, 5) is 24.7. The third-order valence-electron chi connectivity index (χ3n) is 4.33. The molecule has 1 N–H and O–H groups in total. The van der Waals surface area contributed by atoms with E-state index < -0.39 is 40.3 Å². The summed E-state index contributed by atoms with van der Waals surface area (Å²) in [7, 11) is 0. The van der Waals surface area contributed by atoms with Crippen molar-refractivity contribution in [2.45, 2.75) is 38.4 Å². The van der Waals surface area contributed by atoms with Crippen LogP contribution in [0, 0.1) is 11.2 Å². The molecule has 0 saturated heterocycles. The van der Waals surface area contributed by atoms with Crippen molar-refractivity contribution >= 4 is 17.4 Å². The predicted octanol–water partition coefficient (Wildman–Crippen LogP) is 3.74. The molecular formula is C17H15F4NO3. The van der Waals surface area contributed by atoms with Crippen molar-refractivity contribution in [2.24, 2.45) is 5.41 Å². The number of allylic oxidation sites excluding steroid dienone is 1. The Balaban J connectivity index is 2.15. The normalized spacial score (nSPS) is 25.7. The predicted molar refractivity (Wildman–Crippen MR) is 79.9 cm³/mol. The van der Waals surface area contributed by atoms with Gasteiger partial charge in [-0.2, -0.15) is 13.2 Å². The summed E-state index contributed by atoms with van der Waals surface area (Å²) >= 11 is 0. The lowest BCUT2D eigenvalue weighted by Gasteiger charge is -2.34. The molecule has 1 heterocycles. The number of ketones is 1. The van der Waals surface area contributed by atoms with Gasteiger partial charge in [0.2, 0.25) is 0 Å².